The molecule has 154 valence electrons. The van der Waals surface area contributed by atoms with Crippen molar-refractivity contribution in [1.82, 2.24) is 14.7 Å². The zero-order valence-electron chi connectivity index (χ0n) is 15.7. The Morgan fingerprint density at radius 3 is 2.72 bits per heavy atom. The third-order valence-corrected chi connectivity index (χ3v) is 4.53. The maximum atomic E-state index is 12.4. The number of nitrogens with zero attached hydrogens (tertiary/aromatic N) is 4. The highest BCUT2D eigenvalue weighted by molar-refractivity contribution is 6.03. The van der Waals surface area contributed by atoms with E-state index in [-0.39, 0.29) is 24.0 Å². The normalized spacial score (nSPS) is 19.8. The average Bonchev–Trinajstić information content (AvgIpc) is 3.06. The number of hydrogen-bond acceptors (Lipinski definition) is 5. The van der Waals surface area contributed by atoms with Crippen LogP contribution in [0, 0.1) is 0 Å². The Bertz CT molecular complexity index is 984. The molecule has 0 fully saturated rings. The first-order valence-electron chi connectivity index (χ1n) is 8.61. The molecule has 3 rings (SSSR count). The lowest BCUT2D eigenvalue weighted by atomic mass is 9.87. The van der Waals surface area contributed by atoms with Crippen molar-refractivity contribution in [1.29, 1.82) is 0 Å². The molecule has 2 amide bonds. The van der Waals surface area contributed by atoms with Gasteiger partial charge in [0.2, 0.25) is 5.91 Å². The van der Waals surface area contributed by atoms with Crippen molar-refractivity contribution in [2.24, 2.45) is 10.7 Å². The monoisotopic (exact) mass is 408 g/mol. The Hall–Kier alpha value is -3.37. The molecule has 1 aliphatic heterocycles. The lowest BCUT2D eigenvalue weighted by molar-refractivity contribution is -0.142. The van der Waals surface area contributed by atoms with Crippen molar-refractivity contribution in [3.05, 3.63) is 47.8 Å². The molecule has 1 aromatic heterocycles. The topological polar surface area (TPSA) is 106 Å². The SMILES string of the molecule is CN1C(=O)C[C@@](C)(c2cccc(NC(=O)c3ccn(CC(F)(F)F)n3)c2)N=C1N. The Kier molecular flexibility index (Phi) is 5.07. The van der Waals surface area contributed by atoms with Gasteiger partial charge in [-0.05, 0) is 30.7 Å². The molecule has 8 nitrogen and oxygen atoms in total. The number of carbonyl (C=O) groups excluding carboxylic acids is 2. The van der Waals surface area contributed by atoms with Crippen LogP contribution in [0.4, 0.5) is 18.9 Å². The number of hydrogen-bond donors (Lipinski definition) is 2. The fourth-order valence-corrected chi connectivity index (χ4v) is 2.96. The van der Waals surface area contributed by atoms with E-state index < -0.39 is 24.2 Å². The summed E-state index contributed by atoms with van der Waals surface area (Å²) >= 11 is 0. The van der Waals surface area contributed by atoms with Gasteiger partial charge in [-0.3, -0.25) is 19.2 Å². The molecule has 0 unspecified atom stereocenters. The van der Waals surface area contributed by atoms with Gasteiger partial charge < -0.3 is 11.1 Å². The summed E-state index contributed by atoms with van der Waals surface area (Å²) in [4.78, 5) is 30.1. The number of anilines is 1. The lowest BCUT2D eigenvalue weighted by Gasteiger charge is -2.33. The van der Waals surface area contributed by atoms with Crippen LogP contribution in [0.2, 0.25) is 0 Å². The molecule has 0 radical (unpaired) electrons. The molecule has 2 heterocycles. The highest BCUT2D eigenvalue weighted by Gasteiger charge is 2.36. The number of nitrogens with one attached hydrogen (secondary N) is 1. The number of benzene rings is 1. The molecule has 1 atom stereocenters. The summed E-state index contributed by atoms with van der Waals surface area (Å²) in [6.07, 6.45) is -3.25. The summed E-state index contributed by atoms with van der Waals surface area (Å²) in [5.74, 6) is -0.756. The summed E-state index contributed by atoms with van der Waals surface area (Å²) in [5.41, 5.74) is 5.81. The van der Waals surface area contributed by atoms with E-state index >= 15 is 0 Å². The van der Waals surface area contributed by atoms with Gasteiger partial charge in [-0.2, -0.15) is 18.3 Å². The largest absolute Gasteiger partial charge is 0.408 e. The molecule has 3 N–H and O–H groups in total. The first-order valence-corrected chi connectivity index (χ1v) is 8.61. The van der Waals surface area contributed by atoms with Crippen LogP contribution in [0.5, 0.6) is 0 Å². The second kappa shape index (κ2) is 7.22. The summed E-state index contributed by atoms with van der Waals surface area (Å²) in [6.45, 7) is 0.473. The summed E-state index contributed by atoms with van der Waals surface area (Å²) < 4.78 is 37.9. The summed E-state index contributed by atoms with van der Waals surface area (Å²) in [6, 6.07) is 7.88. The van der Waals surface area contributed by atoms with Crippen LogP contribution >= 0.6 is 0 Å². The van der Waals surface area contributed by atoms with Crippen molar-refractivity contribution in [2.75, 3.05) is 12.4 Å². The molecule has 0 spiro atoms. The fraction of sp³-hybridized carbons (Fsp3) is 0.333. The van der Waals surface area contributed by atoms with Gasteiger partial charge >= 0.3 is 6.18 Å². The first-order chi connectivity index (χ1) is 13.5. The van der Waals surface area contributed by atoms with Gasteiger partial charge in [-0.1, -0.05) is 12.1 Å². The number of rotatable bonds is 4. The van der Waals surface area contributed by atoms with E-state index in [1.807, 2.05) is 0 Å². The minimum Gasteiger partial charge on any atom is -0.369 e. The Labute approximate surface area is 164 Å². The highest BCUT2D eigenvalue weighted by Crippen LogP contribution is 2.34. The van der Waals surface area contributed by atoms with E-state index in [1.165, 1.54) is 18.0 Å². The van der Waals surface area contributed by atoms with Gasteiger partial charge in [0.1, 0.15) is 6.54 Å². The highest BCUT2D eigenvalue weighted by atomic mass is 19.4. The summed E-state index contributed by atoms with van der Waals surface area (Å²) in [5, 5.41) is 6.23. The maximum Gasteiger partial charge on any atom is 0.408 e. The van der Waals surface area contributed by atoms with Crippen molar-refractivity contribution in [3.8, 4) is 0 Å². The van der Waals surface area contributed by atoms with Crippen LogP contribution in [0.1, 0.15) is 29.4 Å². The molecule has 0 aliphatic carbocycles. The van der Waals surface area contributed by atoms with E-state index in [1.54, 1.807) is 31.2 Å². The van der Waals surface area contributed by atoms with Gasteiger partial charge in [0.05, 0.1) is 12.0 Å². The van der Waals surface area contributed by atoms with Crippen molar-refractivity contribution in [3.63, 3.8) is 0 Å². The van der Waals surface area contributed by atoms with Gasteiger partial charge in [-0.25, -0.2) is 4.99 Å². The predicted octanol–water partition coefficient (Wildman–Crippen LogP) is 2.09. The maximum absolute atomic E-state index is 12.4. The number of guanidine groups is 1. The van der Waals surface area contributed by atoms with Crippen molar-refractivity contribution in [2.45, 2.75) is 31.6 Å². The fourth-order valence-electron chi connectivity index (χ4n) is 2.96. The van der Waals surface area contributed by atoms with Crippen LogP contribution < -0.4 is 11.1 Å². The van der Waals surface area contributed by atoms with Crippen molar-refractivity contribution < 1.29 is 22.8 Å². The van der Waals surface area contributed by atoms with Gasteiger partial charge in [0.15, 0.2) is 11.7 Å². The molecule has 0 bridgehead atoms. The number of carbonyl (C=O) groups is 2. The Morgan fingerprint density at radius 2 is 2.07 bits per heavy atom. The minimum atomic E-state index is -4.43. The van der Waals surface area contributed by atoms with Crippen LogP contribution in [0.25, 0.3) is 0 Å². The van der Waals surface area contributed by atoms with E-state index in [0.717, 1.165) is 6.20 Å². The molecular weight excluding hydrogens is 389 g/mol. The van der Waals surface area contributed by atoms with E-state index in [0.29, 0.717) is 15.9 Å². The lowest BCUT2D eigenvalue weighted by Crippen LogP contribution is -2.47. The van der Waals surface area contributed by atoms with Gasteiger partial charge in [0.25, 0.3) is 5.91 Å². The molecule has 0 saturated heterocycles. The Morgan fingerprint density at radius 1 is 1.34 bits per heavy atom. The summed E-state index contributed by atoms with van der Waals surface area (Å²) in [7, 11) is 1.54. The zero-order chi connectivity index (χ0) is 21.4. The van der Waals surface area contributed by atoms with E-state index in [4.69, 9.17) is 5.73 Å². The van der Waals surface area contributed by atoms with Gasteiger partial charge in [0, 0.05) is 18.9 Å². The number of aliphatic imine (C=N–C) groups is 1. The third-order valence-electron chi connectivity index (χ3n) is 4.53. The molecule has 0 saturated carbocycles. The molecule has 1 aliphatic rings. The standard InChI is InChI=1S/C18H19F3N6O2/c1-17(9-14(28)26(2)16(22)24-17)11-4-3-5-12(8-11)23-15(29)13-6-7-27(25-13)10-18(19,20)21/h3-8H,9-10H2,1-2H3,(H2,22,24)(H,23,29)/t17-/m0/s1. The number of nitrogens with two attached hydrogens (primary N) is 1. The number of alkyl halides is 3. The number of aromatic nitrogens is 2. The quantitative estimate of drug-likeness (QED) is 0.808. The van der Waals surface area contributed by atoms with Crippen LogP contribution in [-0.2, 0) is 16.9 Å². The van der Waals surface area contributed by atoms with Crippen LogP contribution in [0.3, 0.4) is 0 Å². The van der Waals surface area contributed by atoms with Gasteiger partial charge in [-0.15, -0.1) is 0 Å². The average molecular weight is 408 g/mol. The van der Waals surface area contributed by atoms with E-state index in [9.17, 15) is 22.8 Å². The predicted molar refractivity (Wildman–Crippen MR) is 99.0 cm³/mol. The molecule has 1 aromatic carbocycles. The number of halogens is 3. The first kappa shape index (κ1) is 20.4. The van der Waals surface area contributed by atoms with Crippen LogP contribution in [0.15, 0.2) is 41.5 Å². The number of amides is 2. The zero-order valence-corrected chi connectivity index (χ0v) is 15.7. The molecule has 29 heavy (non-hydrogen) atoms. The Balaban J connectivity index is 1.78. The molecular formula is C18H19F3N6O2. The third kappa shape index (κ3) is 4.55. The minimum absolute atomic E-state index is 0.0911. The second-order valence-corrected chi connectivity index (χ2v) is 6.92. The second-order valence-electron chi connectivity index (χ2n) is 6.92. The molecule has 11 heteroatoms. The smallest absolute Gasteiger partial charge is 0.369 e. The van der Waals surface area contributed by atoms with E-state index in [2.05, 4.69) is 15.4 Å². The van der Waals surface area contributed by atoms with Crippen LogP contribution in [-0.4, -0.2) is 45.7 Å². The molecule has 2 aromatic rings. The van der Waals surface area contributed by atoms with Crippen molar-refractivity contribution >= 4 is 23.5 Å².